The minimum Gasteiger partial charge on any atom is -0.332 e. The first-order valence-electron chi connectivity index (χ1n) is 4.97. The van der Waals surface area contributed by atoms with E-state index in [0.717, 1.165) is 12.1 Å². The zero-order chi connectivity index (χ0) is 12.8. The molecule has 17 heavy (non-hydrogen) atoms. The highest BCUT2D eigenvalue weighted by Crippen LogP contribution is 2.17. The van der Waals surface area contributed by atoms with Gasteiger partial charge in [0.05, 0.1) is 12.6 Å². The second-order valence-corrected chi connectivity index (χ2v) is 3.42. The molecule has 0 radical (unpaired) electrons. The highest BCUT2D eigenvalue weighted by molar-refractivity contribution is 5.74. The number of benzene rings is 1. The molecule has 5 heteroatoms. The molecule has 3 nitrogen and oxygen atoms in total. The van der Waals surface area contributed by atoms with Crippen molar-refractivity contribution in [1.29, 1.82) is 0 Å². The molecule has 90 valence electrons. The normalized spacial score (nSPS) is 11.4. The number of halogens is 2. The van der Waals surface area contributed by atoms with Gasteiger partial charge in [-0.25, -0.2) is 13.6 Å². The van der Waals surface area contributed by atoms with Crippen LogP contribution in [0.15, 0.2) is 18.2 Å². The van der Waals surface area contributed by atoms with Crippen LogP contribution in [0.5, 0.6) is 0 Å². The number of nitrogens with one attached hydrogen (secondary N) is 2. The van der Waals surface area contributed by atoms with Crippen LogP contribution in [0.1, 0.15) is 18.5 Å². The molecule has 1 aromatic rings. The first-order chi connectivity index (χ1) is 8.04. The molecule has 1 unspecified atom stereocenters. The molecule has 0 heterocycles. The number of terminal acetylenes is 1. The summed E-state index contributed by atoms with van der Waals surface area (Å²) in [6.07, 6.45) is 4.97. The molecule has 0 saturated heterocycles. The number of hydrogen-bond donors (Lipinski definition) is 2. The van der Waals surface area contributed by atoms with E-state index in [1.165, 1.54) is 6.07 Å². The summed E-state index contributed by atoms with van der Waals surface area (Å²) in [5.41, 5.74) is 0.210. The zero-order valence-corrected chi connectivity index (χ0v) is 9.26. The van der Waals surface area contributed by atoms with E-state index >= 15 is 0 Å². The molecule has 1 rings (SSSR count). The van der Waals surface area contributed by atoms with Crippen molar-refractivity contribution in [2.45, 2.75) is 13.0 Å². The van der Waals surface area contributed by atoms with Crippen LogP contribution in [0.3, 0.4) is 0 Å². The third-order valence-electron chi connectivity index (χ3n) is 2.13. The predicted molar refractivity (Wildman–Crippen MR) is 60.1 cm³/mol. The maximum atomic E-state index is 13.4. The van der Waals surface area contributed by atoms with Crippen molar-refractivity contribution in [3.8, 4) is 12.3 Å². The summed E-state index contributed by atoms with van der Waals surface area (Å²) in [5, 5.41) is 4.86. The Balaban J connectivity index is 2.67. The lowest BCUT2D eigenvalue weighted by atomic mass is 10.1. The molecular formula is C12H12F2N2O. The lowest BCUT2D eigenvalue weighted by Gasteiger charge is -2.15. The molecule has 0 aliphatic rings. The molecular weight excluding hydrogens is 226 g/mol. The van der Waals surface area contributed by atoms with Gasteiger partial charge in [-0.2, -0.15) is 0 Å². The van der Waals surface area contributed by atoms with Crippen LogP contribution in [0.2, 0.25) is 0 Å². The summed E-state index contributed by atoms with van der Waals surface area (Å²) in [7, 11) is 0. The van der Waals surface area contributed by atoms with Gasteiger partial charge < -0.3 is 10.6 Å². The Kier molecular flexibility index (Phi) is 4.46. The molecule has 0 aliphatic carbocycles. The van der Waals surface area contributed by atoms with Crippen molar-refractivity contribution in [2.75, 3.05) is 6.54 Å². The number of carbonyl (C=O) groups is 1. The van der Waals surface area contributed by atoms with E-state index in [0.29, 0.717) is 0 Å². The third kappa shape index (κ3) is 3.76. The van der Waals surface area contributed by atoms with Crippen molar-refractivity contribution in [3.63, 3.8) is 0 Å². The minimum absolute atomic E-state index is 0.0878. The summed E-state index contributed by atoms with van der Waals surface area (Å²) in [6, 6.07) is 2.12. The van der Waals surface area contributed by atoms with E-state index in [1.54, 1.807) is 6.92 Å². The molecule has 0 saturated carbocycles. The fraction of sp³-hybridized carbons (Fsp3) is 0.250. The highest BCUT2D eigenvalue weighted by atomic mass is 19.1. The average molecular weight is 238 g/mol. The summed E-state index contributed by atoms with van der Waals surface area (Å²) >= 11 is 0. The Morgan fingerprint density at radius 2 is 2.24 bits per heavy atom. The SMILES string of the molecule is C#CCNC(=O)NC(C)c1ccc(F)cc1F. The summed E-state index contributed by atoms with van der Waals surface area (Å²) in [5.74, 6) is 0.878. The quantitative estimate of drug-likeness (QED) is 0.776. The molecule has 0 spiro atoms. The van der Waals surface area contributed by atoms with Gasteiger partial charge in [0.25, 0.3) is 0 Å². The van der Waals surface area contributed by atoms with Gasteiger partial charge >= 0.3 is 6.03 Å². The Labute approximate surface area is 98.2 Å². The molecule has 1 atom stereocenters. The van der Waals surface area contributed by atoms with Gasteiger partial charge in [-0.05, 0) is 13.0 Å². The third-order valence-corrected chi connectivity index (χ3v) is 2.13. The highest BCUT2D eigenvalue weighted by Gasteiger charge is 2.13. The minimum atomic E-state index is -0.699. The Bertz CT molecular complexity index is 454. The van der Waals surface area contributed by atoms with Gasteiger partial charge in [-0.1, -0.05) is 12.0 Å². The van der Waals surface area contributed by atoms with E-state index in [2.05, 4.69) is 16.6 Å². The van der Waals surface area contributed by atoms with E-state index < -0.39 is 23.7 Å². The van der Waals surface area contributed by atoms with Crippen LogP contribution in [-0.4, -0.2) is 12.6 Å². The maximum Gasteiger partial charge on any atom is 0.316 e. The average Bonchev–Trinajstić information content (AvgIpc) is 2.26. The van der Waals surface area contributed by atoms with E-state index in [1.807, 2.05) is 0 Å². The topological polar surface area (TPSA) is 41.1 Å². The largest absolute Gasteiger partial charge is 0.332 e. The first kappa shape index (κ1) is 13.0. The van der Waals surface area contributed by atoms with Gasteiger partial charge in [-0.15, -0.1) is 6.42 Å². The summed E-state index contributed by atoms with van der Waals surface area (Å²) in [6.45, 7) is 1.68. The number of urea groups is 1. The van der Waals surface area contributed by atoms with E-state index in [9.17, 15) is 13.6 Å². The fourth-order valence-electron chi connectivity index (χ4n) is 1.31. The molecule has 0 fully saturated rings. The van der Waals surface area contributed by atoms with Crippen LogP contribution in [-0.2, 0) is 0 Å². The molecule has 0 aromatic heterocycles. The maximum absolute atomic E-state index is 13.4. The molecule has 2 amide bonds. The van der Waals surface area contributed by atoms with Crippen molar-refractivity contribution in [3.05, 3.63) is 35.4 Å². The molecule has 2 N–H and O–H groups in total. The van der Waals surface area contributed by atoms with Gasteiger partial charge in [-0.3, -0.25) is 0 Å². The van der Waals surface area contributed by atoms with Crippen molar-refractivity contribution >= 4 is 6.03 Å². The molecule has 0 aliphatic heterocycles. The van der Waals surface area contributed by atoms with Gasteiger partial charge in [0.15, 0.2) is 0 Å². The van der Waals surface area contributed by atoms with Gasteiger partial charge in [0, 0.05) is 11.6 Å². The second-order valence-electron chi connectivity index (χ2n) is 3.42. The first-order valence-corrected chi connectivity index (χ1v) is 4.97. The van der Waals surface area contributed by atoms with Crippen LogP contribution in [0.4, 0.5) is 13.6 Å². The Hall–Kier alpha value is -2.09. The van der Waals surface area contributed by atoms with Crippen LogP contribution >= 0.6 is 0 Å². The number of carbonyl (C=O) groups excluding carboxylic acids is 1. The molecule has 0 bridgehead atoms. The summed E-state index contributed by atoms with van der Waals surface area (Å²) < 4.78 is 26.0. The smallest absolute Gasteiger partial charge is 0.316 e. The second kappa shape index (κ2) is 5.85. The van der Waals surface area contributed by atoms with E-state index in [-0.39, 0.29) is 12.1 Å². The number of amides is 2. The Morgan fingerprint density at radius 1 is 1.53 bits per heavy atom. The van der Waals surface area contributed by atoms with Crippen LogP contribution in [0.25, 0.3) is 0 Å². The van der Waals surface area contributed by atoms with Crippen molar-refractivity contribution < 1.29 is 13.6 Å². The lowest BCUT2D eigenvalue weighted by Crippen LogP contribution is -2.37. The van der Waals surface area contributed by atoms with Gasteiger partial charge in [0.1, 0.15) is 11.6 Å². The zero-order valence-electron chi connectivity index (χ0n) is 9.26. The number of hydrogen-bond acceptors (Lipinski definition) is 1. The molecule has 1 aromatic carbocycles. The number of rotatable bonds is 3. The lowest BCUT2D eigenvalue weighted by molar-refractivity contribution is 0.239. The predicted octanol–water partition coefficient (Wildman–Crippen LogP) is 1.96. The standard InChI is InChI=1S/C12H12F2N2O/c1-3-6-15-12(17)16-8(2)10-5-4-9(13)7-11(10)14/h1,4-5,7-8H,6H2,2H3,(H2,15,16,17). The van der Waals surface area contributed by atoms with Crippen LogP contribution in [0, 0.1) is 24.0 Å². The van der Waals surface area contributed by atoms with Crippen LogP contribution < -0.4 is 10.6 Å². The van der Waals surface area contributed by atoms with Gasteiger partial charge in [0.2, 0.25) is 0 Å². The summed E-state index contributed by atoms with van der Waals surface area (Å²) in [4.78, 5) is 11.2. The monoisotopic (exact) mass is 238 g/mol. The van der Waals surface area contributed by atoms with Crippen molar-refractivity contribution in [1.82, 2.24) is 10.6 Å². The van der Waals surface area contributed by atoms with E-state index in [4.69, 9.17) is 6.42 Å². The fourth-order valence-corrected chi connectivity index (χ4v) is 1.31. The van der Waals surface area contributed by atoms with Crippen molar-refractivity contribution in [2.24, 2.45) is 0 Å². The Morgan fingerprint density at radius 3 is 2.82 bits per heavy atom.